The van der Waals surface area contributed by atoms with Crippen LogP contribution in [0.2, 0.25) is 10.0 Å². The second-order valence-electron chi connectivity index (χ2n) is 4.94. The third-order valence-electron chi connectivity index (χ3n) is 3.30. The van der Waals surface area contributed by atoms with Crippen LogP contribution in [0, 0.1) is 5.82 Å². The van der Waals surface area contributed by atoms with Gasteiger partial charge in [-0.1, -0.05) is 41.4 Å². The SMILES string of the molecule is O=C(Cc1c(Cl)cccc1Cl)Nc1nc(-c2ccccc2F)cs1. The molecule has 122 valence electrons. The van der Waals surface area contributed by atoms with Gasteiger partial charge in [-0.2, -0.15) is 0 Å². The number of halogens is 3. The van der Waals surface area contributed by atoms with Crippen LogP contribution in [0.4, 0.5) is 9.52 Å². The van der Waals surface area contributed by atoms with Crippen LogP contribution in [0.25, 0.3) is 11.3 Å². The summed E-state index contributed by atoms with van der Waals surface area (Å²) in [6, 6.07) is 11.4. The largest absolute Gasteiger partial charge is 0.302 e. The number of aromatic nitrogens is 1. The van der Waals surface area contributed by atoms with Gasteiger partial charge >= 0.3 is 0 Å². The van der Waals surface area contributed by atoms with E-state index in [0.717, 1.165) is 0 Å². The Morgan fingerprint density at radius 1 is 1.12 bits per heavy atom. The van der Waals surface area contributed by atoms with Gasteiger partial charge in [0.1, 0.15) is 5.82 Å². The summed E-state index contributed by atoms with van der Waals surface area (Å²) in [6.07, 6.45) is 0.0348. The molecule has 1 amide bonds. The summed E-state index contributed by atoms with van der Waals surface area (Å²) in [5.74, 6) is -0.650. The van der Waals surface area contributed by atoms with E-state index in [1.807, 2.05) is 0 Å². The van der Waals surface area contributed by atoms with Gasteiger partial charge < -0.3 is 5.32 Å². The molecular formula is C17H11Cl2FN2OS. The summed E-state index contributed by atoms with van der Waals surface area (Å²) >= 11 is 13.3. The van der Waals surface area contributed by atoms with Crippen molar-refractivity contribution in [2.45, 2.75) is 6.42 Å². The number of hydrogen-bond donors (Lipinski definition) is 1. The Labute approximate surface area is 152 Å². The smallest absolute Gasteiger partial charge is 0.230 e. The van der Waals surface area contributed by atoms with E-state index in [2.05, 4.69) is 10.3 Å². The van der Waals surface area contributed by atoms with Gasteiger partial charge in [0.2, 0.25) is 5.91 Å². The third-order valence-corrected chi connectivity index (χ3v) is 4.77. The molecule has 0 aliphatic carbocycles. The van der Waals surface area contributed by atoms with Crippen LogP contribution in [0.3, 0.4) is 0 Å². The molecule has 24 heavy (non-hydrogen) atoms. The Balaban J connectivity index is 1.73. The second-order valence-corrected chi connectivity index (χ2v) is 6.62. The van der Waals surface area contributed by atoms with Crippen LogP contribution in [0.1, 0.15) is 5.56 Å². The topological polar surface area (TPSA) is 42.0 Å². The van der Waals surface area contributed by atoms with Crippen molar-refractivity contribution in [1.82, 2.24) is 4.98 Å². The van der Waals surface area contributed by atoms with Crippen LogP contribution < -0.4 is 5.32 Å². The highest BCUT2D eigenvalue weighted by Crippen LogP contribution is 2.28. The first-order valence-corrected chi connectivity index (χ1v) is 8.61. The van der Waals surface area contributed by atoms with Crippen molar-refractivity contribution in [2.24, 2.45) is 0 Å². The van der Waals surface area contributed by atoms with Crippen molar-refractivity contribution in [3.05, 3.63) is 69.3 Å². The van der Waals surface area contributed by atoms with E-state index in [9.17, 15) is 9.18 Å². The van der Waals surface area contributed by atoms with Crippen LogP contribution in [-0.4, -0.2) is 10.9 Å². The molecule has 0 unspecified atom stereocenters. The number of hydrogen-bond acceptors (Lipinski definition) is 3. The molecule has 0 aliphatic rings. The molecule has 3 rings (SSSR count). The van der Waals surface area contributed by atoms with Crippen molar-refractivity contribution >= 4 is 45.6 Å². The number of rotatable bonds is 4. The minimum absolute atomic E-state index is 0.0348. The second kappa shape index (κ2) is 7.30. The third kappa shape index (κ3) is 3.75. The average molecular weight is 381 g/mol. The summed E-state index contributed by atoms with van der Waals surface area (Å²) in [4.78, 5) is 16.4. The summed E-state index contributed by atoms with van der Waals surface area (Å²) in [5, 5.41) is 5.63. The molecule has 3 nitrogen and oxygen atoms in total. The minimum atomic E-state index is -0.358. The Morgan fingerprint density at radius 2 is 1.83 bits per heavy atom. The lowest BCUT2D eigenvalue weighted by Crippen LogP contribution is -2.14. The number of carbonyl (C=O) groups is 1. The highest BCUT2D eigenvalue weighted by molar-refractivity contribution is 7.14. The molecule has 0 bridgehead atoms. The Morgan fingerprint density at radius 3 is 2.54 bits per heavy atom. The predicted octanol–water partition coefficient (Wildman–Crippen LogP) is 5.44. The monoisotopic (exact) mass is 380 g/mol. The molecule has 1 N–H and O–H groups in total. The predicted molar refractivity (Wildman–Crippen MR) is 96.3 cm³/mol. The van der Waals surface area contributed by atoms with E-state index >= 15 is 0 Å². The van der Waals surface area contributed by atoms with Crippen LogP contribution in [-0.2, 0) is 11.2 Å². The van der Waals surface area contributed by atoms with Gasteiger partial charge in [0.25, 0.3) is 0 Å². The molecule has 0 spiro atoms. The number of nitrogens with one attached hydrogen (secondary N) is 1. The molecule has 0 fully saturated rings. The Bertz CT molecular complexity index is 878. The number of amides is 1. The first-order valence-electron chi connectivity index (χ1n) is 6.98. The van der Waals surface area contributed by atoms with E-state index in [4.69, 9.17) is 23.2 Å². The standard InChI is InChI=1S/C17H11Cl2FN2OS/c18-12-5-3-6-13(19)11(12)8-16(23)22-17-21-15(9-24-17)10-4-1-2-7-14(10)20/h1-7,9H,8H2,(H,21,22,23). The van der Waals surface area contributed by atoms with Crippen molar-refractivity contribution in [3.8, 4) is 11.3 Å². The number of nitrogens with zero attached hydrogens (tertiary/aromatic N) is 1. The zero-order valence-electron chi connectivity index (χ0n) is 12.2. The van der Waals surface area contributed by atoms with Gasteiger partial charge in [-0.15, -0.1) is 11.3 Å². The zero-order valence-corrected chi connectivity index (χ0v) is 14.6. The van der Waals surface area contributed by atoms with E-state index in [1.165, 1.54) is 17.4 Å². The van der Waals surface area contributed by atoms with Gasteiger partial charge in [-0.05, 0) is 29.8 Å². The average Bonchev–Trinajstić information content (AvgIpc) is 3.00. The molecule has 1 heterocycles. The molecule has 0 radical (unpaired) electrons. The normalized spacial score (nSPS) is 10.6. The summed E-state index contributed by atoms with van der Waals surface area (Å²) < 4.78 is 13.8. The van der Waals surface area contributed by atoms with Crippen molar-refractivity contribution in [2.75, 3.05) is 5.32 Å². The number of carbonyl (C=O) groups excluding carboxylic acids is 1. The highest BCUT2D eigenvalue weighted by Gasteiger charge is 2.14. The van der Waals surface area contributed by atoms with Gasteiger partial charge in [-0.3, -0.25) is 4.79 Å². The lowest BCUT2D eigenvalue weighted by Gasteiger charge is -2.06. The van der Waals surface area contributed by atoms with Gasteiger partial charge in [0, 0.05) is 21.0 Å². The molecule has 1 aromatic heterocycles. The molecular weight excluding hydrogens is 370 g/mol. The molecule has 0 aliphatic heterocycles. The molecule has 0 saturated carbocycles. The maximum atomic E-state index is 13.8. The lowest BCUT2D eigenvalue weighted by atomic mass is 10.1. The molecule has 2 aromatic carbocycles. The van der Waals surface area contributed by atoms with E-state index in [-0.39, 0.29) is 18.1 Å². The van der Waals surface area contributed by atoms with Crippen molar-refractivity contribution in [1.29, 1.82) is 0 Å². The highest BCUT2D eigenvalue weighted by atomic mass is 35.5. The quantitative estimate of drug-likeness (QED) is 0.654. The fourth-order valence-electron chi connectivity index (χ4n) is 2.15. The molecule has 3 aromatic rings. The van der Waals surface area contributed by atoms with Crippen molar-refractivity contribution in [3.63, 3.8) is 0 Å². The number of benzene rings is 2. The van der Waals surface area contributed by atoms with Crippen LogP contribution >= 0.6 is 34.5 Å². The number of anilines is 1. The summed E-state index contributed by atoms with van der Waals surface area (Å²) in [6.45, 7) is 0. The van der Waals surface area contributed by atoms with Gasteiger partial charge in [0.05, 0.1) is 12.1 Å². The fraction of sp³-hybridized carbons (Fsp3) is 0.0588. The minimum Gasteiger partial charge on any atom is -0.302 e. The lowest BCUT2D eigenvalue weighted by molar-refractivity contribution is -0.115. The summed E-state index contributed by atoms with van der Waals surface area (Å²) in [7, 11) is 0. The maximum Gasteiger partial charge on any atom is 0.230 e. The summed E-state index contributed by atoms with van der Waals surface area (Å²) in [5.41, 5.74) is 1.43. The zero-order chi connectivity index (χ0) is 17.1. The van der Waals surface area contributed by atoms with Crippen molar-refractivity contribution < 1.29 is 9.18 Å². The van der Waals surface area contributed by atoms with Crippen LogP contribution in [0.5, 0.6) is 0 Å². The van der Waals surface area contributed by atoms with E-state index < -0.39 is 0 Å². The Hall–Kier alpha value is -1.95. The first-order chi connectivity index (χ1) is 11.5. The first kappa shape index (κ1) is 16.9. The van der Waals surface area contributed by atoms with Gasteiger partial charge in [-0.25, -0.2) is 9.37 Å². The maximum absolute atomic E-state index is 13.8. The van der Waals surface area contributed by atoms with Gasteiger partial charge in [0.15, 0.2) is 5.13 Å². The van der Waals surface area contributed by atoms with Crippen LogP contribution in [0.15, 0.2) is 47.8 Å². The van der Waals surface area contributed by atoms with E-state index in [1.54, 1.807) is 41.8 Å². The molecule has 0 saturated heterocycles. The fourth-order valence-corrected chi connectivity index (χ4v) is 3.41. The van der Waals surface area contributed by atoms with E-state index in [0.29, 0.717) is 32.0 Å². The molecule has 0 atom stereocenters. The Kier molecular flexibility index (Phi) is 5.14. The molecule has 7 heteroatoms. The number of thiazole rings is 1.